The molecule has 1 aromatic heterocycles. The second kappa shape index (κ2) is 6.65. The van der Waals surface area contributed by atoms with Gasteiger partial charge < -0.3 is 10.6 Å². The third-order valence-electron chi connectivity index (χ3n) is 5.36. The number of rotatable bonds is 3. The average molecular weight is 288 g/mol. The maximum absolute atomic E-state index is 5.66. The fourth-order valence-electron chi connectivity index (χ4n) is 3.85. The summed E-state index contributed by atoms with van der Waals surface area (Å²) >= 11 is 0. The van der Waals surface area contributed by atoms with Gasteiger partial charge in [-0.25, -0.2) is 4.98 Å². The third-order valence-corrected chi connectivity index (χ3v) is 5.36. The van der Waals surface area contributed by atoms with Gasteiger partial charge in [-0.05, 0) is 43.7 Å². The zero-order chi connectivity index (χ0) is 14.7. The van der Waals surface area contributed by atoms with E-state index in [0.29, 0.717) is 5.82 Å². The summed E-state index contributed by atoms with van der Waals surface area (Å²) in [5, 5.41) is 0. The molecule has 21 heavy (non-hydrogen) atoms. The lowest BCUT2D eigenvalue weighted by Crippen LogP contribution is -2.51. The van der Waals surface area contributed by atoms with Crippen LogP contribution in [0.2, 0.25) is 0 Å². The minimum atomic E-state index is 0.602. The molecule has 2 aliphatic rings. The van der Waals surface area contributed by atoms with Gasteiger partial charge in [0.25, 0.3) is 0 Å². The molecule has 0 unspecified atom stereocenters. The van der Waals surface area contributed by atoms with E-state index in [4.69, 9.17) is 5.73 Å². The van der Waals surface area contributed by atoms with E-state index >= 15 is 0 Å². The molecular weight excluding hydrogens is 260 g/mol. The molecule has 1 aliphatic heterocycles. The lowest BCUT2D eigenvalue weighted by Gasteiger charge is -2.42. The Morgan fingerprint density at radius 1 is 1.10 bits per heavy atom. The van der Waals surface area contributed by atoms with Crippen LogP contribution in [0, 0.1) is 5.92 Å². The fraction of sp³-hybridized carbons (Fsp3) is 0.706. The number of aromatic nitrogens is 1. The standard InChI is InChI=1S/C17H28N4/c1-2-14-3-5-15(6-4-14)20-9-11-21(12-10-20)16-7-8-17(18)19-13-16/h7-8,13-15H,2-6,9-12H2,1H3,(H2,18,19). The van der Waals surface area contributed by atoms with Crippen molar-refractivity contribution in [2.24, 2.45) is 5.92 Å². The van der Waals surface area contributed by atoms with Crippen molar-refractivity contribution in [3.05, 3.63) is 18.3 Å². The van der Waals surface area contributed by atoms with E-state index in [1.807, 2.05) is 12.3 Å². The maximum Gasteiger partial charge on any atom is 0.123 e. The highest BCUT2D eigenvalue weighted by atomic mass is 15.3. The number of anilines is 2. The predicted molar refractivity (Wildman–Crippen MR) is 88.5 cm³/mol. The summed E-state index contributed by atoms with van der Waals surface area (Å²) in [6.45, 7) is 6.93. The molecule has 1 aliphatic carbocycles. The molecule has 3 rings (SSSR count). The molecule has 0 amide bonds. The molecular formula is C17H28N4. The lowest BCUT2D eigenvalue weighted by atomic mass is 9.84. The molecule has 2 heterocycles. The summed E-state index contributed by atoms with van der Waals surface area (Å²) in [4.78, 5) is 9.35. The van der Waals surface area contributed by atoms with Crippen molar-refractivity contribution in [3.8, 4) is 0 Å². The van der Waals surface area contributed by atoms with Crippen LogP contribution in [0.5, 0.6) is 0 Å². The van der Waals surface area contributed by atoms with Gasteiger partial charge in [0.1, 0.15) is 5.82 Å². The Kier molecular flexibility index (Phi) is 4.63. The molecule has 1 aromatic rings. The first-order valence-corrected chi connectivity index (χ1v) is 8.46. The Morgan fingerprint density at radius 3 is 2.38 bits per heavy atom. The molecule has 1 saturated carbocycles. The van der Waals surface area contributed by atoms with E-state index in [9.17, 15) is 0 Å². The Balaban J connectivity index is 1.50. The van der Waals surface area contributed by atoms with Crippen LogP contribution in [0.15, 0.2) is 18.3 Å². The van der Waals surface area contributed by atoms with E-state index in [-0.39, 0.29) is 0 Å². The molecule has 2 N–H and O–H groups in total. The van der Waals surface area contributed by atoms with Crippen molar-refractivity contribution >= 4 is 11.5 Å². The van der Waals surface area contributed by atoms with Gasteiger partial charge in [0, 0.05) is 32.2 Å². The minimum Gasteiger partial charge on any atom is -0.384 e. The number of pyridine rings is 1. The van der Waals surface area contributed by atoms with E-state index in [0.717, 1.165) is 25.0 Å². The van der Waals surface area contributed by atoms with Crippen molar-refractivity contribution < 1.29 is 0 Å². The molecule has 1 saturated heterocycles. The zero-order valence-electron chi connectivity index (χ0n) is 13.2. The number of nitrogen functional groups attached to an aromatic ring is 1. The SMILES string of the molecule is CCC1CCC(N2CCN(c3ccc(N)nc3)CC2)CC1. The Bertz CT molecular complexity index is 429. The van der Waals surface area contributed by atoms with Gasteiger partial charge in [-0.2, -0.15) is 0 Å². The topological polar surface area (TPSA) is 45.4 Å². The molecule has 4 heteroatoms. The molecule has 0 radical (unpaired) electrons. The first-order valence-electron chi connectivity index (χ1n) is 8.46. The van der Waals surface area contributed by atoms with Crippen LogP contribution in [-0.4, -0.2) is 42.1 Å². The first kappa shape index (κ1) is 14.6. The Labute approximate surface area is 128 Å². The van der Waals surface area contributed by atoms with Crippen LogP contribution in [0.1, 0.15) is 39.0 Å². The summed E-state index contributed by atoms with van der Waals surface area (Å²) in [6, 6.07) is 4.82. The van der Waals surface area contributed by atoms with E-state index in [1.54, 1.807) is 0 Å². The van der Waals surface area contributed by atoms with Crippen molar-refractivity contribution in [1.29, 1.82) is 0 Å². The van der Waals surface area contributed by atoms with Crippen molar-refractivity contribution in [2.45, 2.75) is 45.1 Å². The highest BCUT2D eigenvalue weighted by molar-refractivity contribution is 5.48. The Morgan fingerprint density at radius 2 is 1.81 bits per heavy atom. The smallest absolute Gasteiger partial charge is 0.123 e. The van der Waals surface area contributed by atoms with Crippen LogP contribution in [-0.2, 0) is 0 Å². The fourth-order valence-corrected chi connectivity index (χ4v) is 3.85. The largest absolute Gasteiger partial charge is 0.384 e. The summed E-state index contributed by atoms with van der Waals surface area (Å²) in [6.07, 6.45) is 8.94. The van der Waals surface area contributed by atoms with Gasteiger partial charge in [0.05, 0.1) is 11.9 Å². The van der Waals surface area contributed by atoms with E-state index in [1.165, 1.54) is 50.9 Å². The van der Waals surface area contributed by atoms with Gasteiger partial charge in [-0.15, -0.1) is 0 Å². The second-order valence-electron chi connectivity index (χ2n) is 6.55. The quantitative estimate of drug-likeness (QED) is 0.929. The number of nitrogens with two attached hydrogens (primary N) is 1. The van der Waals surface area contributed by atoms with Crippen LogP contribution in [0.25, 0.3) is 0 Å². The van der Waals surface area contributed by atoms with Crippen molar-refractivity contribution in [1.82, 2.24) is 9.88 Å². The summed E-state index contributed by atoms with van der Waals surface area (Å²) in [7, 11) is 0. The Hall–Kier alpha value is -1.29. The van der Waals surface area contributed by atoms with Crippen LogP contribution < -0.4 is 10.6 Å². The maximum atomic E-state index is 5.66. The van der Waals surface area contributed by atoms with Crippen LogP contribution >= 0.6 is 0 Å². The molecule has 2 fully saturated rings. The molecule has 0 bridgehead atoms. The van der Waals surface area contributed by atoms with Gasteiger partial charge in [0.2, 0.25) is 0 Å². The summed E-state index contributed by atoms with van der Waals surface area (Å²) < 4.78 is 0. The highest BCUT2D eigenvalue weighted by Gasteiger charge is 2.27. The highest BCUT2D eigenvalue weighted by Crippen LogP contribution is 2.30. The number of piperazine rings is 1. The lowest BCUT2D eigenvalue weighted by molar-refractivity contribution is 0.128. The van der Waals surface area contributed by atoms with Crippen LogP contribution in [0.3, 0.4) is 0 Å². The first-order chi connectivity index (χ1) is 10.3. The summed E-state index contributed by atoms with van der Waals surface area (Å²) in [5.74, 6) is 1.59. The van der Waals surface area contributed by atoms with Crippen molar-refractivity contribution in [2.75, 3.05) is 36.8 Å². The number of hydrogen-bond acceptors (Lipinski definition) is 4. The van der Waals surface area contributed by atoms with Gasteiger partial charge >= 0.3 is 0 Å². The average Bonchev–Trinajstić information content (AvgIpc) is 2.56. The van der Waals surface area contributed by atoms with Gasteiger partial charge in [-0.1, -0.05) is 13.3 Å². The van der Waals surface area contributed by atoms with Crippen molar-refractivity contribution in [3.63, 3.8) is 0 Å². The minimum absolute atomic E-state index is 0.602. The zero-order valence-corrected chi connectivity index (χ0v) is 13.2. The van der Waals surface area contributed by atoms with E-state index < -0.39 is 0 Å². The normalized spacial score (nSPS) is 27.8. The number of nitrogens with zero attached hydrogens (tertiary/aromatic N) is 3. The van der Waals surface area contributed by atoms with Crippen LogP contribution in [0.4, 0.5) is 11.5 Å². The molecule has 0 aromatic carbocycles. The third kappa shape index (κ3) is 3.49. The summed E-state index contributed by atoms with van der Waals surface area (Å²) in [5.41, 5.74) is 6.87. The predicted octanol–water partition coefficient (Wildman–Crippen LogP) is 2.75. The molecule has 0 spiro atoms. The number of hydrogen-bond donors (Lipinski definition) is 1. The van der Waals surface area contributed by atoms with Gasteiger partial charge in [-0.3, -0.25) is 4.90 Å². The van der Waals surface area contributed by atoms with Gasteiger partial charge in [0.15, 0.2) is 0 Å². The monoisotopic (exact) mass is 288 g/mol. The molecule has 116 valence electrons. The second-order valence-corrected chi connectivity index (χ2v) is 6.55. The molecule has 0 atom stereocenters. The van der Waals surface area contributed by atoms with E-state index in [2.05, 4.69) is 27.8 Å². The molecule has 4 nitrogen and oxygen atoms in total.